The predicted octanol–water partition coefficient (Wildman–Crippen LogP) is 3.59. The molecule has 82 valence electrons. The van der Waals surface area contributed by atoms with Crippen LogP contribution in [0.15, 0.2) is 21.4 Å². The molecule has 0 amide bonds. The maximum Gasteiger partial charge on any atom is 0.124 e. The van der Waals surface area contributed by atoms with Crippen LogP contribution in [0.5, 0.6) is 0 Å². The third-order valence-corrected chi connectivity index (χ3v) is 2.44. The summed E-state index contributed by atoms with van der Waals surface area (Å²) in [6.07, 6.45) is 5.34. The van der Waals surface area contributed by atoms with Gasteiger partial charge in [-0.2, -0.15) is 0 Å². The highest BCUT2D eigenvalue weighted by Crippen LogP contribution is 2.11. The summed E-state index contributed by atoms with van der Waals surface area (Å²) in [5, 5.41) is 3.18. The molecule has 0 rings (SSSR count). The number of hydrogen-bond donors (Lipinski definition) is 1. The summed E-state index contributed by atoms with van der Waals surface area (Å²) in [7, 11) is 0. The summed E-state index contributed by atoms with van der Waals surface area (Å²) >= 11 is 2.31. The van der Waals surface area contributed by atoms with Crippen LogP contribution >= 0.6 is 22.6 Å². The Kier molecular flexibility index (Phi) is 8.27. The van der Waals surface area contributed by atoms with Crippen LogP contribution in [-0.4, -0.2) is 12.8 Å². The van der Waals surface area contributed by atoms with Crippen molar-refractivity contribution < 1.29 is 4.74 Å². The molecule has 14 heavy (non-hydrogen) atoms. The van der Waals surface area contributed by atoms with Crippen molar-refractivity contribution in [1.82, 2.24) is 5.32 Å². The summed E-state index contributed by atoms with van der Waals surface area (Å²) in [6.45, 7) is 9.03. The normalized spacial score (nSPS) is 15.5. The van der Waals surface area contributed by atoms with E-state index in [0.717, 1.165) is 13.0 Å². The lowest BCUT2D eigenvalue weighted by Crippen LogP contribution is -2.23. The first kappa shape index (κ1) is 14.0. The summed E-state index contributed by atoms with van der Waals surface area (Å²) in [6, 6.07) is 0. The molecule has 0 bridgehead atoms. The fraction of sp³-hybridized carbons (Fsp3) is 0.636. The van der Waals surface area contributed by atoms with Crippen LogP contribution in [0.3, 0.4) is 0 Å². The molecule has 2 nitrogen and oxygen atoms in total. The van der Waals surface area contributed by atoms with Gasteiger partial charge in [-0.15, -0.1) is 0 Å². The van der Waals surface area contributed by atoms with E-state index in [9.17, 15) is 0 Å². The van der Waals surface area contributed by atoms with Crippen molar-refractivity contribution >= 4 is 22.6 Å². The van der Waals surface area contributed by atoms with Crippen LogP contribution in [-0.2, 0) is 4.74 Å². The summed E-state index contributed by atoms with van der Waals surface area (Å²) in [5.41, 5.74) is 1.39. The van der Waals surface area contributed by atoms with Gasteiger partial charge in [-0.05, 0) is 55.9 Å². The minimum absolute atomic E-state index is 0.0834. The lowest BCUT2D eigenvalue weighted by molar-refractivity contribution is 0.0620. The van der Waals surface area contributed by atoms with E-state index in [0.29, 0.717) is 0 Å². The first-order valence-corrected chi connectivity index (χ1v) is 6.08. The molecule has 0 saturated heterocycles. The van der Waals surface area contributed by atoms with E-state index in [2.05, 4.69) is 47.8 Å². The Balaban J connectivity index is 3.99. The topological polar surface area (TPSA) is 21.3 Å². The highest BCUT2D eigenvalue weighted by molar-refractivity contribution is 14.1. The Bertz CT molecular complexity index is 211. The molecule has 0 aromatic rings. The van der Waals surface area contributed by atoms with E-state index in [-0.39, 0.29) is 6.23 Å². The Morgan fingerprint density at radius 3 is 2.64 bits per heavy atom. The second-order valence-corrected chi connectivity index (χ2v) is 4.38. The molecule has 0 saturated carbocycles. The number of ether oxygens (including phenoxy) is 1. The third kappa shape index (κ3) is 7.38. The van der Waals surface area contributed by atoms with E-state index >= 15 is 0 Å². The van der Waals surface area contributed by atoms with E-state index in [1.807, 2.05) is 20.0 Å². The molecule has 3 heteroatoms. The highest BCUT2D eigenvalue weighted by atomic mass is 127. The molecule has 0 spiro atoms. The van der Waals surface area contributed by atoms with E-state index in [1.54, 1.807) is 0 Å². The molecule has 0 heterocycles. The van der Waals surface area contributed by atoms with E-state index in [4.69, 9.17) is 4.74 Å². The second kappa shape index (κ2) is 8.29. The average Bonchev–Trinajstić information content (AvgIpc) is 2.15. The summed E-state index contributed by atoms with van der Waals surface area (Å²) in [5.74, 6) is 0. The van der Waals surface area contributed by atoms with Gasteiger partial charge in [0.1, 0.15) is 6.23 Å². The molecular weight excluding hydrogens is 289 g/mol. The van der Waals surface area contributed by atoms with Crippen LogP contribution in [0.1, 0.15) is 34.1 Å². The lowest BCUT2D eigenvalue weighted by Gasteiger charge is -2.11. The third-order valence-electron chi connectivity index (χ3n) is 1.81. The molecule has 1 unspecified atom stereocenters. The molecule has 0 aliphatic heterocycles. The molecule has 1 N–H and O–H groups in total. The van der Waals surface area contributed by atoms with Gasteiger partial charge in [-0.1, -0.05) is 12.5 Å². The molecule has 0 aliphatic rings. The van der Waals surface area contributed by atoms with Gasteiger partial charge in [0.2, 0.25) is 0 Å². The smallest absolute Gasteiger partial charge is 0.124 e. The maximum absolute atomic E-state index is 5.34. The Morgan fingerprint density at radius 2 is 2.14 bits per heavy atom. The number of allylic oxidation sites excluding steroid dienone is 3. The molecular formula is C11H20INO. The minimum atomic E-state index is 0.0834. The zero-order valence-corrected chi connectivity index (χ0v) is 11.6. The van der Waals surface area contributed by atoms with Crippen molar-refractivity contribution in [3.8, 4) is 0 Å². The number of rotatable bonds is 6. The number of halogens is 1. The van der Waals surface area contributed by atoms with Gasteiger partial charge < -0.3 is 10.1 Å². The monoisotopic (exact) mass is 309 g/mol. The van der Waals surface area contributed by atoms with Crippen LogP contribution in [0.2, 0.25) is 0 Å². The quantitative estimate of drug-likeness (QED) is 0.460. The van der Waals surface area contributed by atoms with Crippen molar-refractivity contribution in [3.05, 3.63) is 21.4 Å². The van der Waals surface area contributed by atoms with Crippen LogP contribution in [0.25, 0.3) is 0 Å². The molecule has 0 aromatic carbocycles. The van der Waals surface area contributed by atoms with Crippen LogP contribution in [0.4, 0.5) is 0 Å². The van der Waals surface area contributed by atoms with Gasteiger partial charge in [0.05, 0.1) is 0 Å². The van der Waals surface area contributed by atoms with Crippen molar-refractivity contribution in [2.75, 3.05) is 6.61 Å². The van der Waals surface area contributed by atoms with Crippen LogP contribution < -0.4 is 5.32 Å². The molecule has 0 aliphatic carbocycles. The molecule has 0 aromatic heterocycles. The molecule has 0 radical (unpaired) electrons. The van der Waals surface area contributed by atoms with Crippen molar-refractivity contribution in [2.45, 2.75) is 40.3 Å². The lowest BCUT2D eigenvalue weighted by atomic mass is 10.2. The fourth-order valence-corrected chi connectivity index (χ4v) is 1.59. The SMILES string of the molecule is CCOC(C)N/C=C(I)\C=C(/C)CC. The summed E-state index contributed by atoms with van der Waals surface area (Å²) < 4.78 is 6.55. The van der Waals surface area contributed by atoms with Gasteiger partial charge in [0.15, 0.2) is 0 Å². The first-order valence-electron chi connectivity index (χ1n) is 5.00. The largest absolute Gasteiger partial charge is 0.365 e. The average molecular weight is 309 g/mol. The predicted molar refractivity (Wildman–Crippen MR) is 70.4 cm³/mol. The number of nitrogens with one attached hydrogen (secondary N) is 1. The standard InChI is InChI=1S/C11H20INO/c1-5-9(3)7-11(12)8-13-10(4)14-6-2/h7-8,10,13H,5-6H2,1-4H3/b9-7+,11-8+. The maximum atomic E-state index is 5.34. The van der Waals surface area contributed by atoms with Gasteiger partial charge in [-0.25, -0.2) is 0 Å². The summed E-state index contributed by atoms with van der Waals surface area (Å²) in [4.78, 5) is 0. The molecule has 0 fully saturated rings. The van der Waals surface area contributed by atoms with Crippen molar-refractivity contribution in [3.63, 3.8) is 0 Å². The molecule has 1 atom stereocenters. The van der Waals surface area contributed by atoms with Crippen molar-refractivity contribution in [2.24, 2.45) is 0 Å². The fourth-order valence-electron chi connectivity index (χ4n) is 0.874. The second-order valence-electron chi connectivity index (χ2n) is 3.14. The van der Waals surface area contributed by atoms with Gasteiger partial charge in [-0.3, -0.25) is 0 Å². The van der Waals surface area contributed by atoms with E-state index in [1.165, 1.54) is 9.15 Å². The minimum Gasteiger partial charge on any atom is -0.365 e. The highest BCUT2D eigenvalue weighted by Gasteiger charge is 1.95. The Morgan fingerprint density at radius 1 is 1.50 bits per heavy atom. The Hall–Kier alpha value is -0.0300. The van der Waals surface area contributed by atoms with Gasteiger partial charge >= 0.3 is 0 Å². The number of hydrogen-bond acceptors (Lipinski definition) is 2. The first-order chi connectivity index (χ1) is 6.60. The Labute approximate surface area is 101 Å². The van der Waals surface area contributed by atoms with E-state index < -0.39 is 0 Å². The van der Waals surface area contributed by atoms with Gasteiger partial charge in [0, 0.05) is 16.4 Å². The zero-order valence-electron chi connectivity index (χ0n) is 9.43. The van der Waals surface area contributed by atoms with Crippen molar-refractivity contribution in [1.29, 1.82) is 0 Å². The van der Waals surface area contributed by atoms with Crippen LogP contribution in [0, 0.1) is 0 Å². The van der Waals surface area contributed by atoms with Gasteiger partial charge in [0.25, 0.3) is 0 Å². The zero-order chi connectivity index (χ0) is 11.0.